The molecule has 1 unspecified atom stereocenters. The second kappa shape index (κ2) is 11.1. The Labute approximate surface area is 213 Å². The second-order valence-corrected chi connectivity index (χ2v) is 9.43. The molecule has 0 saturated carbocycles. The van der Waals surface area contributed by atoms with Gasteiger partial charge in [-0.15, -0.1) is 0 Å². The number of nitrogens with zero attached hydrogens (tertiary/aromatic N) is 2. The summed E-state index contributed by atoms with van der Waals surface area (Å²) in [7, 11) is 0. The molecule has 4 rings (SSSR count). The Kier molecular flexibility index (Phi) is 7.87. The second-order valence-electron chi connectivity index (χ2n) is 9.43. The number of amides is 1. The molecule has 0 saturated heterocycles. The van der Waals surface area contributed by atoms with E-state index in [1.807, 2.05) is 49.9 Å². The fraction of sp³-hybridized carbons (Fsp3) is 0.448. The van der Waals surface area contributed by atoms with E-state index in [9.17, 15) is 9.90 Å². The summed E-state index contributed by atoms with van der Waals surface area (Å²) in [6.07, 6.45) is 3.92. The third-order valence-electron chi connectivity index (χ3n) is 6.61. The Balaban J connectivity index is 1.86. The van der Waals surface area contributed by atoms with Gasteiger partial charge >= 0.3 is 0 Å². The molecule has 2 aromatic carbocycles. The van der Waals surface area contributed by atoms with E-state index < -0.39 is 0 Å². The molecular weight excluding hydrogens is 454 g/mol. The fourth-order valence-electron chi connectivity index (χ4n) is 5.04. The van der Waals surface area contributed by atoms with Gasteiger partial charge in [-0.3, -0.25) is 9.89 Å². The highest BCUT2D eigenvalue weighted by Gasteiger charge is 2.42. The Bertz CT molecular complexity index is 1210. The van der Waals surface area contributed by atoms with E-state index in [2.05, 4.69) is 24.0 Å². The number of carbonyl (C=O) groups excluding carboxylic acids is 1. The first-order chi connectivity index (χ1) is 17.4. The van der Waals surface area contributed by atoms with E-state index in [0.29, 0.717) is 48.2 Å². The highest BCUT2D eigenvalue weighted by Crippen LogP contribution is 2.47. The molecule has 1 amide bonds. The van der Waals surface area contributed by atoms with Gasteiger partial charge in [0, 0.05) is 17.7 Å². The molecule has 3 aromatic rings. The van der Waals surface area contributed by atoms with Crippen LogP contribution in [0.4, 0.5) is 0 Å². The Morgan fingerprint density at radius 1 is 1.03 bits per heavy atom. The maximum atomic E-state index is 13.6. The van der Waals surface area contributed by atoms with Crippen molar-refractivity contribution >= 4 is 5.91 Å². The summed E-state index contributed by atoms with van der Waals surface area (Å²) in [5, 5.41) is 18.4. The highest BCUT2D eigenvalue weighted by molar-refractivity contribution is 6.00. The zero-order valence-electron chi connectivity index (χ0n) is 22.0. The monoisotopic (exact) mass is 491 g/mol. The number of ether oxygens (including phenoxy) is 2. The molecule has 0 bridgehead atoms. The molecule has 2 heterocycles. The number of aromatic nitrogens is 2. The molecule has 0 aliphatic carbocycles. The van der Waals surface area contributed by atoms with Crippen LogP contribution in [-0.2, 0) is 0 Å². The van der Waals surface area contributed by atoms with Crippen LogP contribution in [0.25, 0.3) is 11.3 Å². The zero-order valence-corrected chi connectivity index (χ0v) is 22.0. The number of fused-ring (bicyclic) bond motifs is 1. The number of hydrogen-bond donors (Lipinski definition) is 2. The molecule has 1 atom stereocenters. The molecule has 1 aromatic heterocycles. The van der Waals surface area contributed by atoms with Crippen molar-refractivity contribution in [3.63, 3.8) is 0 Å². The minimum absolute atomic E-state index is 0.0709. The molecule has 7 heteroatoms. The van der Waals surface area contributed by atoms with Crippen LogP contribution in [0.15, 0.2) is 30.3 Å². The Morgan fingerprint density at radius 2 is 1.83 bits per heavy atom. The smallest absolute Gasteiger partial charge is 0.273 e. The van der Waals surface area contributed by atoms with Crippen molar-refractivity contribution < 1.29 is 19.4 Å². The van der Waals surface area contributed by atoms with E-state index in [1.54, 1.807) is 6.07 Å². The summed E-state index contributed by atoms with van der Waals surface area (Å²) in [6, 6.07) is 9.32. The average Bonchev–Trinajstić information content (AvgIpc) is 3.37. The number of hydrogen-bond acceptors (Lipinski definition) is 5. The zero-order chi connectivity index (χ0) is 25.8. The number of phenolic OH excluding ortho intramolecular Hbond substituents is 1. The molecule has 0 spiro atoms. The van der Waals surface area contributed by atoms with Crippen molar-refractivity contribution in [1.29, 1.82) is 0 Å². The summed E-state index contributed by atoms with van der Waals surface area (Å²) in [6.45, 7) is 11.8. The lowest BCUT2D eigenvalue weighted by Crippen LogP contribution is -2.30. The number of nitrogens with one attached hydrogen (secondary N) is 1. The minimum Gasteiger partial charge on any atom is -0.507 e. The van der Waals surface area contributed by atoms with E-state index in [0.717, 1.165) is 47.9 Å². The lowest BCUT2D eigenvalue weighted by molar-refractivity contribution is 0.0740. The third-order valence-corrected chi connectivity index (χ3v) is 6.61. The number of H-pyrrole nitrogens is 1. The van der Waals surface area contributed by atoms with Crippen LogP contribution in [0.5, 0.6) is 17.2 Å². The summed E-state index contributed by atoms with van der Waals surface area (Å²) >= 11 is 0. The van der Waals surface area contributed by atoms with Crippen molar-refractivity contribution in [1.82, 2.24) is 15.1 Å². The van der Waals surface area contributed by atoms with Crippen molar-refractivity contribution in [2.75, 3.05) is 19.8 Å². The first-order valence-electron chi connectivity index (χ1n) is 13.0. The summed E-state index contributed by atoms with van der Waals surface area (Å²) in [5.41, 5.74) is 5.35. The summed E-state index contributed by atoms with van der Waals surface area (Å²) < 4.78 is 11.9. The number of carbonyl (C=O) groups is 1. The van der Waals surface area contributed by atoms with Crippen LogP contribution in [0.2, 0.25) is 0 Å². The molecule has 7 nitrogen and oxygen atoms in total. The standard InChI is InChI=1S/C29H37N3O4/c1-6-9-10-13-32-28(20-11-12-22(36-14-7-2)23(17-20)35-8-3)25-26(30-31-27(25)29(32)34)24-19(5)15-18(4)16-21(24)33/h11-12,15-17,28,33H,6-10,13-14H2,1-5H3,(H,30,31). The molecule has 0 radical (unpaired) electrons. The number of phenols is 1. The van der Waals surface area contributed by atoms with Gasteiger partial charge in [0.05, 0.1) is 19.3 Å². The van der Waals surface area contributed by atoms with Gasteiger partial charge in [-0.1, -0.05) is 38.8 Å². The van der Waals surface area contributed by atoms with Crippen LogP contribution in [0.3, 0.4) is 0 Å². The highest BCUT2D eigenvalue weighted by atomic mass is 16.5. The topological polar surface area (TPSA) is 87.7 Å². The lowest BCUT2D eigenvalue weighted by Gasteiger charge is -2.27. The normalized spacial score (nSPS) is 14.9. The maximum absolute atomic E-state index is 13.6. The predicted molar refractivity (Wildman–Crippen MR) is 141 cm³/mol. The quantitative estimate of drug-likeness (QED) is 0.306. The van der Waals surface area contributed by atoms with Crippen LogP contribution in [-0.4, -0.2) is 45.9 Å². The minimum atomic E-state index is -0.349. The lowest BCUT2D eigenvalue weighted by atomic mass is 9.93. The van der Waals surface area contributed by atoms with Crippen LogP contribution >= 0.6 is 0 Å². The number of unbranched alkanes of at least 4 members (excludes halogenated alkanes) is 2. The first kappa shape index (κ1) is 25.6. The van der Waals surface area contributed by atoms with Gasteiger partial charge in [-0.05, 0) is 68.5 Å². The fourth-order valence-corrected chi connectivity index (χ4v) is 5.04. The van der Waals surface area contributed by atoms with Gasteiger partial charge in [0.2, 0.25) is 0 Å². The Hall–Kier alpha value is -3.48. The SMILES string of the molecule is CCCCCN1C(=O)c2[nH]nc(-c3c(C)cc(C)cc3O)c2C1c1ccc(OCCC)c(OCC)c1. The number of aromatic hydroxyl groups is 1. The van der Waals surface area contributed by atoms with Gasteiger partial charge in [0.1, 0.15) is 17.1 Å². The molecule has 1 aliphatic rings. The van der Waals surface area contributed by atoms with Crippen LogP contribution in [0, 0.1) is 13.8 Å². The van der Waals surface area contributed by atoms with Gasteiger partial charge in [0.15, 0.2) is 11.5 Å². The number of rotatable bonds is 11. The first-order valence-corrected chi connectivity index (χ1v) is 13.0. The number of aryl methyl sites for hydroxylation is 2. The van der Waals surface area contributed by atoms with Gasteiger partial charge < -0.3 is 19.5 Å². The van der Waals surface area contributed by atoms with Crippen molar-refractivity contribution in [3.05, 3.63) is 58.3 Å². The molecule has 1 aliphatic heterocycles. The molecule has 36 heavy (non-hydrogen) atoms. The maximum Gasteiger partial charge on any atom is 0.273 e. The van der Waals surface area contributed by atoms with Crippen molar-refractivity contribution in [2.24, 2.45) is 0 Å². The largest absolute Gasteiger partial charge is 0.507 e. The number of aromatic amines is 1. The summed E-state index contributed by atoms with van der Waals surface area (Å²) in [4.78, 5) is 15.5. The average molecular weight is 492 g/mol. The van der Waals surface area contributed by atoms with E-state index >= 15 is 0 Å². The Morgan fingerprint density at radius 3 is 2.53 bits per heavy atom. The van der Waals surface area contributed by atoms with Crippen LogP contribution < -0.4 is 9.47 Å². The van der Waals surface area contributed by atoms with Crippen molar-refractivity contribution in [2.45, 2.75) is 66.3 Å². The van der Waals surface area contributed by atoms with E-state index in [1.165, 1.54) is 0 Å². The molecule has 2 N–H and O–H groups in total. The molecule has 0 fully saturated rings. The van der Waals surface area contributed by atoms with Crippen LogP contribution in [0.1, 0.15) is 85.2 Å². The molecule has 192 valence electrons. The van der Waals surface area contributed by atoms with E-state index in [4.69, 9.17) is 9.47 Å². The van der Waals surface area contributed by atoms with Crippen molar-refractivity contribution in [3.8, 4) is 28.5 Å². The molecular formula is C29H37N3O4. The third kappa shape index (κ3) is 4.79. The van der Waals surface area contributed by atoms with Gasteiger partial charge in [-0.2, -0.15) is 5.10 Å². The number of benzene rings is 2. The van der Waals surface area contributed by atoms with Gasteiger partial charge in [-0.25, -0.2) is 0 Å². The predicted octanol–water partition coefficient (Wildman–Crippen LogP) is 6.32. The summed E-state index contributed by atoms with van der Waals surface area (Å²) in [5.74, 6) is 1.45. The van der Waals surface area contributed by atoms with Gasteiger partial charge in [0.25, 0.3) is 5.91 Å². The van der Waals surface area contributed by atoms with E-state index in [-0.39, 0.29) is 17.7 Å².